The van der Waals surface area contributed by atoms with Crippen molar-refractivity contribution in [3.8, 4) is 0 Å². The van der Waals surface area contributed by atoms with Gasteiger partial charge in [0.2, 0.25) is 0 Å². The molecule has 3 nitrogen and oxygen atoms in total. The van der Waals surface area contributed by atoms with Crippen LogP contribution in [0.15, 0.2) is 36.5 Å². The van der Waals surface area contributed by atoms with Crippen LogP contribution in [0, 0.1) is 5.92 Å². The molecule has 2 rings (SSSR count). The van der Waals surface area contributed by atoms with Crippen LogP contribution in [-0.2, 0) is 0 Å². The van der Waals surface area contributed by atoms with Gasteiger partial charge in [0.25, 0.3) is 0 Å². The molecule has 0 aliphatic carbocycles. The molecule has 0 spiro atoms. The highest BCUT2D eigenvalue weighted by molar-refractivity contribution is 5.91. The van der Waals surface area contributed by atoms with Crippen molar-refractivity contribution >= 4 is 16.6 Å². The van der Waals surface area contributed by atoms with Gasteiger partial charge in [-0.25, -0.2) is 4.98 Å². The fraction of sp³-hybridized carbons (Fsp3) is 0.438. The summed E-state index contributed by atoms with van der Waals surface area (Å²) in [5, 5.41) is 14.9. The molecule has 3 heteroatoms. The molecular formula is C16H22N2O. The summed E-state index contributed by atoms with van der Waals surface area (Å²) in [7, 11) is 0. The molecule has 1 aromatic heterocycles. The molecule has 1 atom stereocenters. The predicted molar refractivity (Wildman–Crippen MR) is 80.3 cm³/mol. The van der Waals surface area contributed by atoms with Crippen LogP contribution in [0.1, 0.15) is 26.2 Å². The highest BCUT2D eigenvalue weighted by Crippen LogP contribution is 2.21. The van der Waals surface area contributed by atoms with Crippen molar-refractivity contribution in [2.45, 2.75) is 26.2 Å². The zero-order chi connectivity index (χ0) is 13.5. The molecule has 102 valence electrons. The molecule has 1 heterocycles. The van der Waals surface area contributed by atoms with Crippen molar-refractivity contribution in [2.24, 2.45) is 5.92 Å². The number of hydrogen-bond donors (Lipinski definition) is 2. The Morgan fingerprint density at radius 3 is 2.84 bits per heavy atom. The molecule has 0 radical (unpaired) electrons. The number of rotatable bonds is 7. The first-order valence-electron chi connectivity index (χ1n) is 7.03. The van der Waals surface area contributed by atoms with Crippen LogP contribution in [-0.4, -0.2) is 23.2 Å². The predicted octanol–water partition coefficient (Wildman–Crippen LogP) is 3.45. The molecule has 0 aliphatic heterocycles. The van der Waals surface area contributed by atoms with E-state index in [1.807, 2.05) is 24.4 Å². The van der Waals surface area contributed by atoms with Gasteiger partial charge in [0, 0.05) is 24.7 Å². The van der Waals surface area contributed by atoms with Crippen molar-refractivity contribution in [3.63, 3.8) is 0 Å². The van der Waals surface area contributed by atoms with Gasteiger partial charge in [-0.3, -0.25) is 0 Å². The van der Waals surface area contributed by atoms with Crippen molar-refractivity contribution in [1.82, 2.24) is 4.98 Å². The minimum atomic E-state index is 0.259. The van der Waals surface area contributed by atoms with E-state index in [0.29, 0.717) is 5.92 Å². The van der Waals surface area contributed by atoms with Gasteiger partial charge < -0.3 is 10.4 Å². The van der Waals surface area contributed by atoms with Gasteiger partial charge in [0.1, 0.15) is 5.82 Å². The number of fused-ring (bicyclic) bond motifs is 1. The molecule has 0 amide bonds. The maximum Gasteiger partial charge on any atom is 0.133 e. The summed E-state index contributed by atoms with van der Waals surface area (Å²) in [6.07, 6.45) is 4.98. The Bertz CT molecular complexity index is 502. The highest BCUT2D eigenvalue weighted by atomic mass is 16.3. The van der Waals surface area contributed by atoms with Crippen molar-refractivity contribution in [3.05, 3.63) is 36.5 Å². The molecule has 1 unspecified atom stereocenters. The average molecular weight is 258 g/mol. The van der Waals surface area contributed by atoms with Crippen LogP contribution >= 0.6 is 0 Å². The van der Waals surface area contributed by atoms with E-state index in [1.54, 1.807) is 0 Å². The van der Waals surface area contributed by atoms with Crippen LogP contribution in [0.2, 0.25) is 0 Å². The SMILES string of the molecule is CCCC(CCO)CNc1nccc2ccccc12. The lowest BCUT2D eigenvalue weighted by molar-refractivity contribution is 0.255. The zero-order valence-corrected chi connectivity index (χ0v) is 11.5. The van der Waals surface area contributed by atoms with Crippen molar-refractivity contribution in [1.29, 1.82) is 0 Å². The van der Waals surface area contributed by atoms with E-state index in [0.717, 1.165) is 37.0 Å². The molecule has 0 bridgehead atoms. The fourth-order valence-corrected chi connectivity index (χ4v) is 2.44. The number of aliphatic hydroxyl groups excluding tert-OH is 1. The summed E-state index contributed by atoms with van der Waals surface area (Å²) in [6, 6.07) is 10.3. The molecule has 0 fully saturated rings. The topological polar surface area (TPSA) is 45.1 Å². The molecule has 2 aromatic rings. The van der Waals surface area contributed by atoms with E-state index in [-0.39, 0.29) is 6.61 Å². The lowest BCUT2D eigenvalue weighted by atomic mass is 10.0. The van der Waals surface area contributed by atoms with E-state index in [9.17, 15) is 0 Å². The minimum absolute atomic E-state index is 0.259. The second-order valence-electron chi connectivity index (χ2n) is 4.93. The molecular weight excluding hydrogens is 236 g/mol. The van der Waals surface area contributed by atoms with Gasteiger partial charge in [-0.05, 0) is 30.2 Å². The smallest absolute Gasteiger partial charge is 0.133 e. The molecule has 0 saturated heterocycles. The highest BCUT2D eigenvalue weighted by Gasteiger charge is 2.08. The molecule has 1 aromatic carbocycles. The Morgan fingerprint density at radius 1 is 1.21 bits per heavy atom. The Labute approximate surface area is 114 Å². The minimum Gasteiger partial charge on any atom is -0.396 e. The van der Waals surface area contributed by atoms with Gasteiger partial charge in [-0.2, -0.15) is 0 Å². The Hall–Kier alpha value is -1.61. The third-order valence-electron chi connectivity index (χ3n) is 3.47. The van der Waals surface area contributed by atoms with Crippen LogP contribution in [0.5, 0.6) is 0 Å². The monoisotopic (exact) mass is 258 g/mol. The third-order valence-corrected chi connectivity index (χ3v) is 3.47. The quantitative estimate of drug-likeness (QED) is 0.799. The van der Waals surface area contributed by atoms with Gasteiger partial charge in [0.05, 0.1) is 0 Å². The van der Waals surface area contributed by atoms with E-state index < -0.39 is 0 Å². The number of aliphatic hydroxyl groups is 1. The van der Waals surface area contributed by atoms with E-state index in [2.05, 4.69) is 29.4 Å². The number of nitrogens with zero attached hydrogens (tertiary/aromatic N) is 1. The van der Waals surface area contributed by atoms with Gasteiger partial charge >= 0.3 is 0 Å². The van der Waals surface area contributed by atoms with E-state index in [1.165, 1.54) is 5.39 Å². The molecule has 2 N–H and O–H groups in total. The van der Waals surface area contributed by atoms with Crippen molar-refractivity contribution in [2.75, 3.05) is 18.5 Å². The second kappa shape index (κ2) is 7.10. The summed E-state index contributed by atoms with van der Waals surface area (Å²) in [5.41, 5.74) is 0. The maximum absolute atomic E-state index is 9.09. The summed E-state index contributed by atoms with van der Waals surface area (Å²) in [4.78, 5) is 4.43. The van der Waals surface area contributed by atoms with Gasteiger partial charge in [0.15, 0.2) is 0 Å². The fourth-order valence-electron chi connectivity index (χ4n) is 2.44. The standard InChI is InChI=1S/C16H22N2O/c1-2-5-13(9-11-19)12-18-16-15-7-4-3-6-14(15)8-10-17-16/h3-4,6-8,10,13,19H,2,5,9,11-12H2,1H3,(H,17,18). The Morgan fingerprint density at radius 2 is 2.05 bits per heavy atom. The third kappa shape index (κ3) is 3.67. The van der Waals surface area contributed by atoms with E-state index >= 15 is 0 Å². The lowest BCUT2D eigenvalue weighted by Gasteiger charge is -2.16. The summed E-state index contributed by atoms with van der Waals surface area (Å²) >= 11 is 0. The average Bonchev–Trinajstić information content (AvgIpc) is 2.45. The Kier molecular flexibility index (Phi) is 5.16. The number of nitrogens with one attached hydrogen (secondary N) is 1. The number of pyridine rings is 1. The first-order valence-corrected chi connectivity index (χ1v) is 7.03. The number of aromatic nitrogens is 1. The van der Waals surface area contributed by atoms with Crippen molar-refractivity contribution < 1.29 is 5.11 Å². The van der Waals surface area contributed by atoms with Gasteiger partial charge in [-0.1, -0.05) is 37.6 Å². The van der Waals surface area contributed by atoms with Gasteiger partial charge in [-0.15, -0.1) is 0 Å². The lowest BCUT2D eigenvalue weighted by Crippen LogP contribution is -2.16. The van der Waals surface area contributed by atoms with Crippen LogP contribution < -0.4 is 5.32 Å². The normalized spacial score (nSPS) is 12.5. The number of hydrogen-bond acceptors (Lipinski definition) is 3. The first kappa shape index (κ1) is 13.8. The second-order valence-corrected chi connectivity index (χ2v) is 4.93. The van der Waals surface area contributed by atoms with Crippen LogP contribution in [0.3, 0.4) is 0 Å². The summed E-state index contributed by atoms with van der Waals surface area (Å²) in [6.45, 7) is 3.31. The maximum atomic E-state index is 9.09. The summed E-state index contributed by atoms with van der Waals surface area (Å²) in [5.74, 6) is 1.45. The van der Waals surface area contributed by atoms with E-state index in [4.69, 9.17) is 5.11 Å². The number of benzene rings is 1. The first-order chi connectivity index (χ1) is 9.35. The molecule has 19 heavy (non-hydrogen) atoms. The van der Waals surface area contributed by atoms with Crippen LogP contribution in [0.25, 0.3) is 10.8 Å². The largest absolute Gasteiger partial charge is 0.396 e. The number of anilines is 1. The Balaban J connectivity index is 2.08. The molecule has 0 aliphatic rings. The van der Waals surface area contributed by atoms with Crippen LogP contribution in [0.4, 0.5) is 5.82 Å². The summed E-state index contributed by atoms with van der Waals surface area (Å²) < 4.78 is 0. The zero-order valence-electron chi connectivity index (χ0n) is 11.5. The molecule has 0 saturated carbocycles.